The second-order valence-electron chi connectivity index (χ2n) is 4.04. The fraction of sp³-hybridized carbons (Fsp3) is 0.500. The Hall–Kier alpha value is -1.42. The maximum absolute atomic E-state index is 11.2. The summed E-state index contributed by atoms with van der Waals surface area (Å²) in [4.78, 5) is 15.4. The van der Waals surface area contributed by atoms with E-state index in [9.17, 15) is 4.79 Å². The van der Waals surface area contributed by atoms with Crippen LogP contribution in [0.3, 0.4) is 0 Å². The topological polar surface area (TPSA) is 51.2 Å². The van der Waals surface area contributed by atoms with Gasteiger partial charge < -0.3 is 10.1 Å². The van der Waals surface area contributed by atoms with Crippen LogP contribution in [-0.4, -0.2) is 24.1 Å². The molecule has 1 N–H and O–H groups in total. The summed E-state index contributed by atoms with van der Waals surface area (Å²) in [6, 6.07) is 4.26. The van der Waals surface area contributed by atoms with Crippen molar-refractivity contribution in [1.82, 2.24) is 10.3 Å². The molecule has 1 saturated carbocycles. The molecule has 2 rings (SSSR count). The van der Waals surface area contributed by atoms with Gasteiger partial charge in [-0.15, -0.1) is 0 Å². The highest BCUT2D eigenvalue weighted by Gasteiger charge is 2.16. The molecule has 0 bridgehead atoms. The van der Waals surface area contributed by atoms with E-state index in [1.807, 2.05) is 6.07 Å². The van der Waals surface area contributed by atoms with Crippen molar-refractivity contribution in [3.63, 3.8) is 0 Å². The van der Waals surface area contributed by atoms with Crippen LogP contribution in [0, 0.1) is 0 Å². The maximum atomic E-state index is 11.2. The van der Waals surface area contributed by atoms with Gasteiger partial charge >= 0.3 is 5.97 Å². The molecule has 1 fully saturated rings. The van der Waals surface area contributed by atoms with E-state index in [-0.39, 0.29) is 5.97 Å². The second-order valence-corrected chi connectivity index (χ2v) is 4.04. The average Bonchev–Trinajstić information content (AvgIpc) is 2.27. The number of rotatable bonds is 4. The lowest BCUT2D eigenvalue weighted by Crippen LogP contribution is -2.34. The van der Waals surface area contributed by atoms with Gasteiger partial charge in [0.1, 0.15) is 0 Å². The number of hydrogen-bond acceptors (Lipinski definition) is 4. The average molecular weight is 220 g/mol. The summed E-state index contributed by atoms with van der Waals surface area (Å²) in [5.74, 6) is -0.342. The minimum atomic E-state index is -0.342. The van der Waals surface area contributed by atoms with Crippen molar-refractivity contribution in [3.05, 3.63) is 29.6 Å². The molecule has 0 radical (unpaired) electrons. The molecule has 1 aromatic rings. The van der Waals surface area contributed by atoms with Crippen molar-refractivity contribution < 1.29 is 9.53 Å². The first-order valence-corrected chi connectivity index (χ1v) is 5.56. The zero-order valence-corrected chi connectivity index (χ0v) is 9.40. The minimum Gasteiger partial charge on any atom is -0.465 e. The second kappa shape index (κ2) is 5.07. The van der Waals surface area contributed by atoms with Gasteiger partial charge in [0.05, 0.1) is 18.4 Å². The Bertz CT molecular complexity index is 358. The molecule has 1 aromatic heterocycles. The van der Waals surface area contributed by atoms with Crippen LogP contribution < -0.4 is 5.32 Å². The number of aromatic nitrogens is 1. The smallest absolute Gasteiger partial charge is 0.339 e. The number of carbonyl (C=O) groups is 1. The fourth-order valence-corrected chi connectivity index (χ4v) is 1.63. The van der Waals surface area contributed by atoms with Gasteiger partial charge in [0.25, 0.3) is 0 Å². The molecule has 1 aliphatic rings. The van der Waals surface area contributed by atoms with Crippen molar-refractivity contribution in [3.8, 4) is 0 Å². The highest BCUT2D eigenvalue weighted by Crippen LogP contribution is 2.18. The molecule has 0 aliphatic heterocycles. The number of nitrogens with zero attached hydrogens (tertiary/aromatic N) is 1. The Kier molecular flexibility index (Phi) is 3.51. The fourth-order valence-electron chi connectivity index (χ4n) is 1.63. The predicted octanol–water partition coefficient (Wildman–Crippen LogP) is 1.51. The van der Waals surface area contributed by atoms with Crippen LogP contribution in [0.4, 0.5) is 0 Å². The Morgan fingerprint density at radius 2 is 2.38 bits per heavy atom. The van der Waals surface area contributed by atoms with Gasteiger partial charge in [0, 0.05) is 18.8 Å². The summed E-state index contributed by atoms with van der Waals surface area (Å²) < 4.78 is 4.61. The highest BCUT2D eigenvalue weighted by molar-refractivity contribution is 5.88. The molecule has 0 saturated heterocycles. The van der Waals surface area contributed by atoms with E-state index in [1.165, 1.54) is 26.4 Å². The summed E-state index contributed by atoms with van der Waals surface area (Å²) in [5.41, 5.74) is 1.45. The van der Waals surface area contributed by atoms with Crippen LogP contribution in [0.2, 0.25) is 0 Å². The predicted molar refractivity (Wildman–Crippen MR) is 60.1 cm³/mol. The molecule has 0 amide bonds. The van der Waals surface area contributed by atoms with Crippen LogP contribution in [0.1, 0.15) is 35.3 Å². The first kappa shape index (κ1) is 11.1. The number of pyridine rings is 1. The lowest BCUT2D eigenvalue weighted by molar-refractivity contribution is 0.0600. The van der Waals surface area contributed by atoms with E-state index in [0.717, 1.165) is 12.2 Å². The Balaban J connectivity index is 1.88. The Morgan fingerprint density at radius 3 is 2.88 bits per heavy atom. The standard InChI is InChI=1S/C12H16N2O2/c1-16-12(15)9-5-6-11(13-7-9)8-14-10-3-2-4-10/h5-7,10,14H,2-4,8H2,1H3. The van der Waals surface area contributed by atoms with E-state index < -0.39 is 0 Å². The monoisotopic (exact) mass is 220 g/mol. The summed E-state index contributed by atoms with van der Waals surface area (Å²) in [6.45, 7) is 0.770. The van der Waals surface area contributed by atoms with Crippen molar-refractivity contribution in [1.29, 1.82) is 0 Å². The Labute approximate surface area is 95.0 Å². The SMILES string of the molecule is COC(=O)c1ccc(CNC2CCC2)nc1. The normalized spacial score (nSPS) is 15.6. The molecule has 86 valence electrons. The minimum absolute atomic E-state index is 0.342. The van der Waals surface area contributed by atoms with Crippen molar-refractivity contribution in [2.45, 2.75) is 31.8 Å². The van der Waals surface area contributed by atoms with Crippen molar-refractivity contribution >= 4 is 5.97 Å². The maximum Gasteiger partial charge on any atom is 0.339 e. The molecular formula is C12H16N2O2. The molecular weight excluding hydrogens is 204 g/mol. The molecule has 0 atom stereocenters. The van der Waals surface area contributed by atoms with Crippen LogP contribution in [-0.2, 0) is 11.3 Å². The van der Waals surface area contributed by atoms with Crippen molar-refractivity contribution in [2.24, 2.45) is 0 Å². The molecule has 0 spiro atoms. The van der Waals surface area contributed by atoms with Crippen molar-refractivity contribution in [2.75, 3.05) is 7.11 Å². The zero-order chi connectivity index (χ0) is 11.4. The highest BCUT2D eigenvalue weighted by atomic mass is 16.5. The molecule has 1 heterocycles. The number of nitrogens with one attached hydrogen (secondary N) is 1. The van der Waals surface area contributed by atoms with E-state index >= 15 is 0 Å². The van der Waals surface area contributed by atoms with Gasteiger partial charge in [0.2, 0.25) is 0 Å². The first-order chi connectivity index (χ1) is 7.79. The zero-order valence-electron chi connectivity index (χ0n) is 9.40. The molecule has 4 nitrogen and oxygen atoms in total. The molecule has 16 heavy (non-hydrogen) atoms. The lowest BCUT2D eigenvalue weighted by atomic mass is 9.93. The van der Waals surface area contributed by atoms with Gasteiger partial charge in [-0.1, -0.05) is 6.42 Å². The summed E-state index contributed by atoms with van der Waals surface area (Å²) in [5, 5.41) is 3.42. The number of hydrogen-bond donors (Lipinski definition) is 1. The van der Waals surface area contributed by atoms with E-state index in [0.29, 0.717) is 11.6 Å². The summed E-state index contributed by atoms with van der Waals surface area (Å²) >= 11 is 0. The number of esters is 1. The third-order valence-corrected chi connectivity index (χ3v) is 2.92. The summed E-state index contributed by atoms with van der Waals surface area (Å²) in [6.07, 6.45) is 5.41. The van der Waals surface area contributed by atoms with Crippen LogP contribution in [0.5, 0.6) is 0 Å². The van der Waals surface area contributed by atoms with Crippen LogP contribution >= 0.6 is 0 Å². The van der Waals surface area contributed by atoms with Gasteiger partial charge in [-0.25, -0.2) is 4.79 Å². The van der Waals surface area contributed by atoms with Crippen LogP contribution in [0.25, 0.3) is 0 Å². The van der Waals surface area contributed by atoms with Gasteiger partial charge in [-0.05, 0) is 25.0 Å². The Morgan fingerprint density at radius 1 is 1.56 bits per heavy atom. The molecule has 0 unspecified atom stereocenters. The largest absolute Gasteiger partial charge is 0.465 e. The lowest BCUT2D eigenvalue weighted by Gasteiger charge is -2.26. The summed E-state index contributed by atoms with van der Waals surface area (Å²) in [7, 11) is 1.37. The van der Waals surface area contributed by atoms with E-state index in [2.05, 4.69) is 15.0 Å². The van der Waals surface area contributed by atoms with Crippen LogP contribution in [0.15, 0.2) is 18.3 Å². The van der Waals surface area contributed by atoms with Gasteiger partial charge in [-0.2, -0.15) is 0 Å². The molecule has 0 aromatic carbocycles. The quantitative estimate of drug-likeness (QED) is 0.781. The van der Waals surface area contributed by atoms with Gasteiger partial charge in [0.15, 0.2) is 0 Å². The van der Waals surface area contributed by atoms with E-state index in [4.69, 9.17) is 0 Å². The molecule has 4 heteroatoms. The van der Waals surface area contributed by atoms with Gasteiger partial charge in [-0.3, -0.25) is 4.98 Å². The molecule has 1 aliphatic carbocycles. The number of methoxy groups -OCH3 is 1. The third-order valence-electron chi connectivity index (χ3n) is 2.92. The number of ether oxygens (including phenoxy) is 1. The number of carbonyl (C=O) groups excluding carboxylic acids is 1. The first-order valence-electron chi connectivity index (χ1n) is 5.56. The van der Waals surface area contributed by atoms with E-state index in [1.54, 1.807) is 12.3 Å². The third kappa shape index (κ3) is 2.58.